The van der Waals surface area contributed by atoms with Gasteiger partial charge < -0.3 is 0 Å². The minimum absolute atomic E-state index is 0.276. The standard InChI is InChI=1S/C17H11FN4OS3/c1-9-13(25-15(19-9)10-4-6-11(18)7-5-10)14(23)20-17-22-21-16(26-17)12-3-2-8-24-12/h2-8H,1H3,(H,20,22,23). The normalized spacial score (nSPS) is 10.8. The molecular weight excluding hydrogens is 391 g/mol. The van der Waals surface area contributed by atoms with Crippen LogP contribution in [0.15, 0.2) is 41.8 Å². The van der Waals surface area contributed by atoms with E-state index in [-0.39, 0.29) is 11.7 Å². The van der Waals surface area contributed by atoms with Crippen molar-refractivity contribution in [1.29, 1.82) is 0 Å². The van der Waals surface area contributed by atoms with Gasteiger partial charge in [-0.3, -0.25) is 10.1 Å². The summed E-state index contributed by atoms with van der Waals surface area (Å²) < 4.78 is 13.1. The van der Waals surface area contributed by atoms with Gasteiger partial charge in [-0.2, -0.15) is 0 Å². The third-order valence-electron chi connectivity index (χ3n) is 3.47. The number of carbonyl (C=O) groups is 1. The van der Waals surface area contributed by atoms with Gasteiger partial charge in [0.2, 0.25) is 5.13 Å². The molecule has 1 N–H and O–H groups in total. The summed E-state index contributed by atoms with van der Waals surface area (Å²) in [5.74, 6) is -0.583. The quantitative estimate of drug-likeness (QED) is 0.516. The van der Waals surface area contributed by atoms with Crippen LogP contribution in [0.2, 0.25) is 0 Å². The number of anilines is 1. The number of hydrogen-bond donors (Lipinski definition) is 1. The maximum Gasteiger partial charge on any atom is 0.269 e. The number of halogens is 1. The molecule has 0 spiro atoms. The Balaban J connectivity index is 1.54. The summed E-state index contributed by atoms with van der Waals surface area (Å²) in [4.78, 5) is 18.5. The van der Waals surface area contributed by atoms with Crippen molar-refractivity contribution in [3.63, 3.8) is 0 Å². The lowest BCUT2D eigenvalue weighted by molar-refractivity contribution is 0.102. The number of carbonyl (C=O) groups excluding carboxylic acids is 1. The first-order chi connectivity index (χ1) is 12.6. The van der Waals surface area contributed by atoms with E-state index in [4.69, 9.17) is 0 Å². The molecule has 130 valence electrons. The molecule has 4 aromatic rings. The maximum absolute atomic E-state index is 13.1. The minimum Gasteiger partial charge on any atom is -0.296 e. The number of amides is 1. The van der Waals surface area contributed by atoms with Crippen LogP contribution in [0.3, 0.4) is 0 Å². The zero-order valence-corrected chi connectivity index (χ0v) is 15.8. The van der Waals surface area contributed by atoms with E-state index in [0.717, 1.165) is 15.4 Å². The van der Waals surface area contributed by atoms with Crippen LogP contribution in [0.5, 0.6) is 0 Å². The zero-order chi connectivity index (χ0) is 18.1. The van der Waals surface area contributed by atoms with Crippen molar-refractivity contribution in [1.82, 2.24) is 15.2 Å². The Hall–Kier alpha value is -2.49. The molecule has 0 atom stereocenters. The second-order valence-corrected chi connectivity index (χ2v) is 8.21. The third kappa shape index (κ3) is 3.41. The van der Waals surface area contributed by atoms with Gasteiger partial charge in [-0.25, -0.2) is 9.37 Å². The van der Waals surface area contributed by atoms with E-state index in [1.807, 2.05) is 17.5 Å². The average Bonchev–Trinajstić information content (AvgIpc) is 3.35. The Morgan fingerprint density at radius 1 is 1.08 bits per heavy atom. The van der Waals surface area contributed by atoms with Crippen LogP contribution in [-0.2, 0) is 0 Å². The first-order valence-corrected chi connectivity index (χ1v) is 10.0. The smallest absolute Gasteiger partial charge is 0.269 e. The average molecular weight is 403 g/mol. The number of benzene rings is 1. The molecule has 1 aromatic carbocycles. The van der Waals surface area contributed by atoms with Gasteiger partial charge in [0.1, 0.15) is 15.7 Å². The highest BCUT2D eigenvalue weighted by Crippen LogP contribution is 2.31. The Morgan fingerprint density at radius 2 is 1.88 bits per heavy atom. The summed E-state index contributed by atoms with van der Waals surface area (Å²) in [6.45, 7) is 1.77. The Labute approximate surface area is 160 Å². The van der Waals surface area contributed by atoms with Crippen molar-refractivity contribution in [2.24, 2.45) is 0 Å². The van der Waals surface area contributed by atoms with Gasteiger partial charge in [-0.15, -0.1) is 32.9 Å². The van der Waals surface area contributed by atoms with Crippen molar-refractivity contribution >= 4 is 45.0 Å². The number of aromatic nitrogens is 3. The highest BCUT2D eigenvalue weighted by atomic mass is 32.1. The van der Waals surface area contributed by atoms with Gasteiger partial charge in [0.25, 0.3) is 5.91 Å². The zero-order valence-electron chi connectivity index (χ0n) is 13.4. The molecule has 9 heteroatoms. The lowest BCUT2D eigenvalue weighted by atomic mass is 10.2. The van der Waals surface area contributed by atoms with E-state index in [9.17, 15) is 9.18 Å². The van der Waals surface area contributed by atoms with Crippen LogP contribution in [0.1, 0.15) is 15.4 Å². The number of nitrogens with zero attached hydrogens (tertiary/aromatic N) is 3. The van der Waals surface area contributed by atoms with Gasteiger partial charge in [0.05, 0.1) is 10.6 Å². The number of nitrogens with one attached hydrogen (secondary N) is 1. The van der Waals surface area contributed by atoms with Gasteiger partial charge >= 0.3 is 0 Å². The van der Waals surface area contributed by atoms with E-state index in [2.05, 4.69) is 20.5 Å². The van der Waals surface area contributed by atoms with E-state index in [1.165, 1.54) is 34.8 Å². The van der Waals surface area contributed by atoms with Crippen molar-refractivity contribution in [2.75, 3.05) is 5.32 Å². The van der Waals surface area contributed by atoms with Gasteiger partial charge in [0.15, 0.2) is 5.01 Å². The number of hydrogen-bond acceptors (Lipinski definition) is 7. The highest BCUT2D eigenvalue weighted by Gasteiger charge is 2.18. The van der Waals surface area contributed by atoms with Crippen LogP contribution >= 0.6 is 34.0 Å². The van der Waals surface area contributed by atoms with Crippen molar-refractivity contribution in [3.05, 3.63) is 58.2 Å². The molecule has 1 amide bonds. The summed E-state index contributed by atoms with van der Waals surface area (Å²) in [7, 11) is 0. The van der Waals surface area contributed by atoms with E-state index < -0.39 is 0 Å². The Morgan fingerprint density at radius 3 is 2.62 bits per heavy atom. The Bertz CT molecular complexity index is 1050. The second kappa shape index (κ2) is 7.02. The van der Waals surface area contributed by atoms with Crippen LogP contribution in [0.25, 0.3) is 20.5 Å². The predicted octanol–water partition coefficient (Wildman–Crippen LogP) is 5.09. The topological polar surface area (TPSA) is 67.8 Å². The molecule has 0 fully saturated rings. The van der Waals surface area contributed by atoms with Crippen molar-refractivity contribution in [3.8, 4) is 20.5 Å². The predicted molar refractivity (Wildman–Crippen MR) is 103 cm³/mol. The van der Waals surface area contributed by atoms with Crippen LogP contribution in [0, 0.1) is 12.7 Å². The molecule has 5 nitrogen and oxygen atoms in total. The molecule has 0 saturated carbocycles. The maximum atomic E-state index is 13.1. The van der Waals surface area contributed by atoms with Gasteiger partial charge in [0, 0.05) is 5.56 Å². The first kappa shape index (κ1) is 17.0. The molecule has 0 aliphatic heterocycles. The van der Waals surface area contributed by atoms with Gasteiger partial charge in [-0.05, 0) is 42.6 Å². The molecule has 3 heterocycles. The number of rotatable bonds is 4. The molecule has 0 aliphatic rings. The third-order valence-corrected chi connectivity index (χ3v) is 6.55. The number of aryl methyl sites for hydroxylation is 1. The SMILES string of the molecule is Cc1nc(-c2ccc(F)cc2)sc1C(=O)Nc1nnc(-c2cccs2)s1. The summed E-state index contributed by atoms with van der Waals surface area (Å²) in [6.07, 6.45) is 0. The van der Waals surface area contributed by atoms with Crippen molar-refractivity contribution in [2.45, 2.75) is 6.92 Å². The van der Waals surface area contributed by atoms with E-state index >= 15 is 0 Å². The molecule has 0 bridgehead atoms. The molecule has 0 unspecified atom stereocenters. The largest absolute Gasteiger partial charge is 0.296 e. The van der Waals surface area contributed by atoms with Crippen molar-refractivity contribution < 1.29 is 9.18 Å². The molecule has 3 aromatic heterocycles. The molecule has 4 rings (SSSR count). The molecule has 0 saturated heterocycles. The molecular formula is C17H11FN4OS3. The lowest BCUT2D eigenvalue weighted by Crippen LogP contribution is -2.11. The van der Waals surface area contributed by atoms with Gasteiger partial charge in [-0.1, -0.05) is 17.4 Å². The fraction of sp³-hybridized carbons (Fsp3) is 0.0588. The summed E-state index contributed by atoms with van der Waals surface area (Å²) in [5, 5.41) is 14.8. The summed E-state index contributed by atoms with van der Waals surface area (Å²) in [6, 6.07) is 9.94. The van der Waals surface area contributed by atoms with Crippen LogP contribution < -0.4 is 5.32 Å². The first-order valence-electron chi connectivity index (χ1n) is 7.52. The Kier molecular flexibility index (Phi) is 4.58. The number of thiazole rings is 1. The van der Waals surface area contributed by atoms with Crippen LogP contribution in [-0.4, -0.2) is 21.1 Å². The lowest BCUT2D eigenvalue weighted by Gasteiger charge is -1.98. The fourth-order valence-corrected chi connectivity index (χ4v) is 4.75. The second-order valence-electron chi connectivity index (χ2n) is 5.28. The highest BCUT2D eigenvalue weighted by molar-refractivity contribution is 7.23. The fourth-order valence-electron chi connectivity index (χ4n) is 2.25. The molecule has 26 heavy (non-hydrogen) atoms. The summed E-state index contributed by atoms with van der Waals surface area (Å²) in [5.41, 5.74) is 1.39. The number of thiophene rings is 1. The van der Waals surface area contributed by atoms with E-state index in [0.29, 0.717) is 20.7 Å². The summed E-state index contributed by atoms with van der Waals surface area (Å²) >= 11 is 4.16. The molecule has 0 aliphatic carbocycles. The van der Waals surface area contributed by atoms with Crippen LogP contribution in [0.4, 0.5) is 9.52 Å². The van der Waals surface area contributed by atoms with E-state index in [1.54, 1.807) is 30.4 Å². The monoisotopic (exact) mass is 402 g/mol. The minimum atomic E-state index is -0.308. The molecule has 0 radical (unpaired) electrons.